The summed E-state index contributed by atoms with van der Waals surface area (Å²) in [4.78, 5) is 17.6. The lowest BCUT2D eigenvalue weighted by atomic mass is 10.3. The number of nitrogens with zero attached hydrogens (tertiary/aromatic N) is 3. The summed E-state index contributed by atoms with van der Waals surface area (Å²) < 4.78 is 54.1. The third kappa shape index (κ3) is 3.82. The number of thiazole rings is 1. The van der Waals surface area contributed by atoms with E-state index < -0.39 is 26.6 Å². The van der Waals surface area contributed by atoms with Crippen LogP contribution in [0.15, 0.2) is 45.3 Å². The largest absolute Gasteiger partial charge is 0.335 e. The second-order valence-corrected chi connectivity index (χ2v) is 9.81. The highest BCUT2D eigenvalue weighted by Crippen LogP contribution is 2.27. The first kappa shape index (κ1) is 20.1. The molecule has 2 aromatic heterocycles. The fourth-order valence-electron chi connectivity index (χ4n) is 3.04. The van der Waals surface area contributed by atoms with E-state index in [-0.39, 0.29) is 32.1 Å². The lowest BCUT2D eigenvalue weighted by molar-refractivity contribution is 0.0692. The Hall–Kier alpha value is -2.21. The van der Waals surface area contributed by atoms with Crippen LogP contribution in [-0.2, 0) is 10.0 Å². The molecule has 3 aromatic rings. The first-order chi connectivity index (χ1) is 13.9. The molecule has 0 bridgehead atoms. The van der Waals surface area contributed by atoms with Crippen molar-refractivity contribution in [2.24, 2.45) is 0 Å². The molecule has 0 saturated carbocycles. The molecule has 0 N–H and O–H groups in total. The highest BCUT2D eigenvalue weighted by atomic mass is 32.2. The Morgan fingerprint density at radius 3 is 2.34 bits per heavy atom. The van der Waals surface area contributed by atoms with E-state index in [0.29, 0.717) is 5.69 Å². The third-order valence-electron chi connectivity index (χ3n) is 4.53. The van der Waals surface area contributed by atoms with Gasteiger partial charge in [0.15, 0.2) is 4.90 Å². The maximum absolute atomic E-state index is 13.9. The first-order valence-corrected chi connectivity index (χ1v) is 11.9. The maximum atomic E-state index is 13.9. The number of halogens is 2. The molecule has 1 aromatic carbocycles. The summed E-state index contributed by atoms with van der Waals surface area (Å²) in [6.07, 6.45) is 0. The van der Waals surface area contributed by atoms with Crippen molar-refractivity contribution in [3.8, 4) is 10.6 Å². The van der Waals surface area contributed by atoms with Gasteiger partial charge < -0.3 is 4.90 Å². The Balaban J connectivity index is 1.46. The lowest BCUT2D eigenvalue weighted by Crippen LogP contribution is -2.50. The van der Waals surface area contributed by atoms with Crippen LogP contribution in [0.4, 0.5) is 8.78 Å². The van der Waals surface area contributed by atoms with Gasteiger partial charge in [0.2, 0.25) is 10.0 Å². The van der Waals surface area contributed by atoms with Crippen LogP contribution in [0.1, 0.15) is 10.5 Å². The monoisotopic (exact) mass is 455 g/mol. The van der Waals surface area contributed by atoms with Gasteiger partial charge in [-0.1, -0.05) is 6.07 Å². The normalized spacial score (nSPS) is 15.6. The summed E-state index contributed by atoms with van der Waals surface area (Å²) in [5.41, 5.74) is 1.24. The molecule has 1 aliphatic heterocycles. The van der Waals surface area contributed by atoms with Crippen molar-refractivity contribution < 1.29 is 22.0 Å². The van der Waals surface area contributed by atoms with E-state index >= 15 is 0 Å². The summed E-state index contributed by atoms with van der Waals surface area (Å²) in [5, 5.41) is 6.29. The molecule has 11 heteroatoms. The van der Waals surface area contributed by atoms with Crippen LogP contribution < -0.4 is 0 Å². The Morgan fingerprint density at radius 1 is 1.03 bits per heavy atom. The molecule has 0 aliphatic carbocycles. The molecule has 0 atom stereocenters. The number of piperazine rings is 1. The summed E-state index contributed by atoms with van der Waals surface area (Å²) >= 11 is 2.90. The van der Waals surface area contributed by atoms with Crippen LogP contribution in [0, 0.1) is 11.6 Å². The van der Waals surface area contributed by atoms with Crippen LogP contribution in [0.2, 0.25) is 0 Å². The molecular formula is C18H15F2N3O3S3. The van der Waals surface area contributed by atoms with Gasteiger partial charge >= 0.3 is 0 Å². The zero-order valence-corrected chi connectivity index (χ0v) is 17.4. The Bertz CT molecular complexity index is 1120. The minimum atomic E-state index is -4.33. The number of amides is 1. The van der Waals surface area contributed by atoms with Gasteiger partial charge in [-0.05, 0) is 23.6 Å². The van der Waals surface area contributed by atoms with Gasteiger partial charge in [0, 0.05) is 42.5 Å². The highest BCUT2D eigenvalue weighted by Gasteiger charge is 2.34. The zero-order valence-electron chi connectivity index (χ0n) is 14.9. The lowest BCUT2D eigenvalue weighted by Gasteiger charge is -2.33. The maximum Gasteiger partial charge on any atom is 0.273 e. The Morgan fingerprint density at radius 2 is 1.72 bits per heavy atom. The number of carbonyl (C=O) groups excluding carboxylic acids is 1. The summed E-state index contributed by atoms with van der Waals surface area (Å²) in [7, 11) is -4.33. The summed E-state index contributed by atoms with van der Waals surface area (Å²) in [5.74, 6) is -2.56. The van der Waals surface area contributed by atoms with E-state index in [9.17, 15) is 22.0 Å². The number of benzene rings is 1. The van der Waals surface area contributed by atoms with E-state index in [1.807, 2.05) is 16.8 Å². The number of hydrogen-bond donors (Lipinski definition) is 0. The smallest absolute Gasteiger partial charge is 0.273 e. The molecule has 29 heavy (non-hydrogen) atoms. The highest BCUT2D eigenvalue weighted by molar-refractivity contribution is 7.89. The van der Waals surface area contributed by atoms with Crippen molar-refractivity contribution in [3.63, 3.8) is 0 Å². The standard InChI is InChI=1S/C18H15F2N3O3S3/c19-13-2-1-3-14(20)16(13)29(25,26)23-7-5-22(6-8-23)18(24)15-11-28-17(21-15)12-4-9-27-10-12/h1-4,9-11H,5-8H2. The minimum Gasteiger partial charge on any atom is -0.335 e. The first-order valence-electron chi connectivity index (χ1n) is 8.59. The summed E-state index contributed by atoms with van der Waals surface area (Å²) in [6.45, 7) is 0.117. The van der Waals surface area contributed by atoms with Gasteiger partial charge in [-0.3, -0.25) is 4.79 Å². The predicted molar refractivity (Wildman–Crippen MR) is 106 cm³/mol. The van der Waals surface area contributed by atoms with E-state index in [1.54, 1.807) is 5.38 Å². The topological polar surface area (TPSA) is 70.6 Å². The molecule has 4 rings (SSSR count). The molecule has 0 spiro atoms. The van der Waals surface area contributed by atoms with Crippen molar-refractivity contribution in [1.82, 2.24) is 14.2 Å². The van der Waals surface area contributed by atoms with Crippen molar-refractivity contribution in [1.29, 1.82) is 0 Å². The van der Waals surface area contributed by atoms with Gasteiger partial charge in [-0.15, -0.1) is 11.3 Å². The minimum absolute atomic E-state index is 0.0522. The van der Waals surface area contributed by atoms with E-state index in [1.165, 1.54) is 27.6 Å². The van der Waals surface area contributed by atoms with Crippen LogP contribution in [-0.4, -0.2) is 54.7 Å². The van der Waals surface area contributed by atoms with Crippen LogP contribution in [0.5, 0.6) is 0 Å². The fourth-order valence-corrected chi connectivity index (χ4v) is 6.08. The van der Waals surface area contributed by atoms with Gasteiger partial charge in [-0.2, -0.15) is 15.6 Å². The Kier molecular flexibility index (Phi) is 5.47. The average Bonchev–Trinajstić information content (AvgIpc) is 3.39. The molecule has 3 heterocycles. The number of carbonyl (C=O) groups is 1. The van der Waals surface area contributed by atoms with Gasteiger partial charge in [0.05, 0.1) is 0 Å². The summed E-state index contributed by atoms with van der Waals surface area (Å²) in [6, 6.07) is 4.84. The van der Waals surface area contributed by atoms with E-state index in [2.05, 4.69) is 4.98 Å². The van der Waals surface area contributed by atoms with Crippen molar-refractivity contribution >= 4 is 38.6 Å². The number of aromatic nitrogens is 1. The molecule has 1 saturated heterocycles. The van der Waals surface area contributed by atoms with E-state index in [4.69, 9.17) is 0 Å². The van der Waals surface area contributed by atoms with Gasteiger partial charge in [0.1, 0.15) is 22.3 Å². The van der Waals surface area contributed by atoms with Crippen LogP contribution in [0.25, 0.3) is 10.6 Å². The number of sulfonamides is 1. The van der Waals surface area contributed by atoms with Crippen LogP contribution in [0.3, 0.4) is 0 Å². The fraction of sp³-hybridized carbons (Fsp3) is 0.222. The number of thiophene rings is 1. The molecular weight excluding hydrogens is 440 g/mol. The zero-order chi connectivity index (χ0) is 20.6. The molecule has 1 amide bonds. The van der Waals surface area contributed by atoms with Gasteiger partial charge in [0.25, 0.3) is 5.91 Å². The molecule has 152 valence electrons. The molecule has 0 radical (unpaired) electrons. The second-order valence-electron chi connectivity index (χ2n) is 6.30. The van der Waals surface area contributed by atoms with E-state index in [0.717, 1.165) is 33.1 Å². The average molecular weight is 456 g/mol. The predicted octanol–water partition coefficient (Wildman–Crippen LogP) is 3.30. The van der Waals surface area contributed by atoms with Crippen molar-refractivity contribution in [3.05, 3.63) is 57.7 Å². The van der Waals surface area contributed by atoms with Crippen molar-refractivity contribution in [2.45, 2.75) is 4.90 Å². The quantitative estimate of drug-likeness (QED) is 0.605. The second kappa shape index (κ2) is 7.90. The molecule has 0 unspecified atom stereocenters. The van der Waals surface area contributed by atoms with Gasteiger partial charge in [-0.25, -0.2) is 22.2 Å². The number of rotatable bonds is 4. The number of hydrogen-bond acceptors (Lipinski definition) is 6. The molecule has 1 fully saturated rings. The van der Waals surface area contributed by atoms with Crippen LogP contribution >= 0.6 is 22.7 Å². The molecule has 6 nitrogen and oxygen atoms in total. The van der Waals surface area contributed by atoms with Crippen molar-refractivity contribution in [2.75, 3.05) is 26.2 Å². The Labute approximate surface area is 174 Å². The third-order valence-corrected chi connectivity index (χ3v) is 8.06. The molecule has 1 aliphatic rings. The SMILES string of the molecule is O=C(c1csc(-c2ccsc2)n1)N1CCN(S(=O)(=O)c2c(F)cccc2F)CC1.